The molecule has 0 aromatic carbocycles. The van der Waals surface area contributed by atoms with Gasteiger partial charge in [-0.25, -0.2) is 0 Å². The molecular weight excluding hydrogens is 148 g/mol. The maximum Gasteiger partial charge on any atom is 0.0828 e. The Balaban J connectivity index is 1.99. The predicted octanol–water partition coefficient (Wildman–Crippen LogP) is 2.61. The molecule has 0 saturated carbocycles. The van der Waals surface area contributed by atoms with Crippen molar-refractivity contribution in [3.05, 3.63) is 36.0 Å². The predicted molar refractivity (Wildman–Crippen MR) is 50.0 cm³/mol. The first-order valence-corrected chi connectivity index (χ1v) is 4.50. The van der Waals surface area contributed by atoms with Gasteiger partial charge in [-0.2, -0.15) is 0 Å². The van der Waals surface area contributed by atoms with Crippen LogP contribution >= 0.6 is 0 Å². The molecule has 0 bridgehead atoms. The number of allylic oxidation sites excluding steroid dienone is 3. The molecule has 0 amide bonds. The summed E-state index contributed by atoms with van der Waals surface area (Å²) in [5.74, 6) is 0. The summed E-state index contributed by atoms with van der Waals surface area (Å²) in [6.45, 7) is 4.86. The Morgan fingerprint density at radius 2 is 2.42 bits per heavy atom. The van der Waals surface area contributed by atoms with Gasteiger partial charge in [0.2, 0.25) is 0 Å². The van der Waals surface area contributed by atoms with Crippen molar-refractivity contribution >= 4 is 0 Å². The van der Waals surface area contributed by atoms with Crippen molar-refractivity contribution in [1.29, 1.82) is 0 Å². The second-order valence-corrected chi connectivity index (χ2v) is 3.44. The Hall–Kier alpha value is -0.820. The minimum Gasteiger partial charge on any atom is -0.373 e. The maximum absolute atomic E-state index is 5.66. The number of hydrogen-bond donors (Lipinski definition) is 0. The van der Waals surface area contributed by atoms with E-state index in [0.29, 0.717) is 6.10 Å². The lowest BCUT2D eigenvalue weighted by Crippen LogP contribution is -2.21. The van der Waals surface area contributed by atoms with Crippen molar-refractivity contribution in [2.75, 3.05) is 6.61 Å². The highest BCUT2D eigenvalue weighted by molar-refractivity contribution is 5.27. The fourth-order valence-electron chi connectivity index (χ4n) is 1.71. The SMILES string of the molecule is C=C1CCOC(C2=CC=CC2)C1. The van der Waals surface area contributed by atoms with Crippen molar-refractivity contribution in [3.8, 4) is 0 Å². The highest BCUT2D eigenvalue weighted by Gasteiger charge is 2.20. The monoisotopic (exact) mass is 162 g/mol. The molecule has 2 rings (SSSR count). The fourth-order valence-corrected chi connectivity index (χ4v) is 1.71. The van der Waals surface area contributed by atoms with E-state index in [1.54, 1.807) is 0 Å². The highest BCUT2D eigenvalue weighted by Crippen LogP contribution is 2.26. The smallest absolute Gasteiger partial charge is 0.0828 e. The average molecular weight is 162 g/mol. The summed E-state index contributed by atoms with van der Waals surface area (Å²) in [6, 6.07) is 0. The van der Waals surface area contributed by atoms with E-state index < -0.39 is 0 Å². The van der Waals surface area contributed by atoms with E-state index in [0.717, 1.165) is 25.9 Å². The molecule has 64 valence electrons. The van der Waals surface area contributed by atoms with Crippen LogP contribution in [0.15, 0.2) is 36.0 Å². The van der Waals surface area contributed by atoms with Crippen LogP contribution in [0.25, 0.3) is 0 Å². The first kappa shape index (κ1) is 7.81. The molecule has 1 saturated heterocycles. The summed E-state index contributed by atoms with van der Waals surface area (Å²) in [7, 11) is 0. The van der Waals surface area contributed by atoms with Crippen LogP contribution < -0.4 is 0 Å². The summed E-state index contributed by atoms with van der Waals surface area (Å²) in [5, 5.41) is 0. The highest BCUT2D eigenvalue weighted by atomic mass is 16.5. The molecule has 0 aromatic heterocycles. The van der Waals surface area contributed by atoms with Crippen molar-refractivity contribution < 1.29 is 4.74 Å². The molecule has 0 aromatic rings. The van der Waals surface area contributed by atoms with Gasteiger partial charge in [0.05, 0.1) is 12.7 Å². The Labute approximate surface area is 73.4 Å². The van der Waals surface area contributed by atoms with Crippen LogP contribution in [0, 0.1) is 0 Å². The van der Waals surface area contributed by atoms with E-state index in [4.69, 9.17) is 4.74 Å². The largest absolute Gasteiger partial charge is 0.373 e. The third-order valence-corrected chi connectivity index (χ3v) is 2.46. The second-order valence-electron chi connectivity index (χ2n) is 3.44. The summed E-state index contributed by atoms with van der Waals surface area (Å²) in [6.07, 6.45) is 9.90. The summed E-state index contributed by atoms with van der Waals surface area (Å²) in [5.41, 5.74) is 2.75. The van der Waals surface area contributed by atoms with Crippen molar-refractivity contribution in [2.45, 2.75) is 25.4 Å². The second kappa shape index (κ2) is 3.28. The van der Waals surface area contributed by atoms with Gasteiger partial charge in [-0.15, -0.1) is 0 Å². The molecule has 1 heteroatoms. The molecule has 1 fully saturated rings. The molecule has 1 aliphatic heterocycles. The van der Waals surface area contributed by atoms with Gasteiger partial charge in [0.15, 0.2) is 0 Å². The van der Waals surface area contributed by atoms with Crippen LogP contribution in [-0.2, 0) is 4.74 Å². The number of hydrogen-bond acceptors (Lipinski definition) is 1. The number of rotatable bonds is 1. The zero-order chi connectivity index (χ0) is 8.39. The molecule has 1 heterocycles. The molecule has 1 atom stereocenters. The Kier molecular flexibility index (Phi) is 2.13. The van der Waals surface area contributed by atoms with Crippen molar-refractivity contribution in [3.63, 3.8) is 0 Å². The zero-order valence-electron chi connectivity index (χ0n) is 7.25. The normalized spacial score (nSPS) is 29.2. The van der Waals surface area contributed by atoms with E-state index in [1.807, 2.05) is 0 Å². The molecule has 0 radical (unpaired) electrons. The minimum absolute atomic E-state index is 0.321. The molecule has 12 heavy (non-hydrogen) atoms. The van der Waals surface area contributed by atoms with Crippen molar-refractivity contribution in [2.24, 2.45) is 0 Å². The van der Waals surface area contributed by atoms with Gasteiger partial charge in [-0.3, -0.25) is 0 Å². The summed E-state index contributed by atoms with van der Waals surface area (Å²) >= 11 is 0. The third-order valence-electron chi connectivity index (χ3n) is 2.46. The molecule has 1 nitrogen and oxygen atoms in total. The number of ether oxygens (including phenoxy) is 1. The fraction of sp³-hybridized carbons (Fsp3) is 0.455. The third kappa shape index (κ3) is 1.51. The molecule has 0 N–H and O–H groups in total. The molecule has 1 aliphatic carbocycles. The zero-order valence-corrected chi connectivity index (χ0v) is 7.25. The Bertz CT molecular complexity index is 248. The topological polar surface area (TPSA) is 9.23 Å². The van der Waals surface area contributed by atoms with Gasteiger partial charge in [0, 0.05) is 0 Å². The van der Waals surface area contributed by atoms with Gasteiger partial charge < -0.3 is 4.74 Å². The first-order chi connectivity index (χ1) is 5.86. The standard InChI is InChI=1S/C11H14O/c1-9-6-7-12-11(8-9)10-4-2-3-5-10/h2-4,11H,1,5-8H2. The maximum atomic E-state index is 5.66. The molecule has 1 unspecified atom stereocenters. The average Bonchev–Trinajstić information content (AvgIpc) is 2.56. The molecular formula is C11H14O. The lowest BCUT2D eigenvalue weighted by Gasteiger charge is -2.25. The molecule has 2 aliphatic rings. The van der Waals surface area contributed by atoms with E-state index in [-0.39, 0.29) is 0 Å². The van der Waals surface area contributed by atoms with Crippen LogP contribution in [0.2, 0.25) is 0 Å². The quantitative estimate of drug-likeness (QED) is 0.538. The summed E-state index contributed by atoms with van der Waals surface area (Å²) in [4.78, 5) is 0. The van der Waals surface area contributed by atoms with Gasteiger partial charge in [0.25, 0.3) is 0 Å². The lowest BCUT2D eigenvalue weighted by molar-refractivity contribution is 0.0591. The minimum atomic E-state index is 0.321. The van der Waals surface area contributed by atoms with Gasteiger partial charge >= 0.3 is 0 Å². The summed E-state index contributed by atoms with van der Waals surface area (Å²) < 4.78 is 5.66. The molecule has 0 spiro atoms. The lowest BCUT2D eigenvalue weighted by atomic mass is 9.98. The Morgan fingerprint density at radius 3 is 3.08 bits per heavy atom. The van der Waals surface area contributed by atoms with Gasteiger partial charge in [0.1, 0.15) is 0 Å². The first-order valence-electron chi connectivity index (χ1n) is 4.50. The van der Waals surface area contributed by atoms with E-state index >= 15 is 0 Å². The van der Waals surface area contributed by atoms with Crippen LogP contribution in [-0.4, -0.2) is 12.7 Å². The van der Waals surface area contributed by atoms with E-state index in [9.17, 15) is 0 Å². The van der Waals surface area contributed by atoms with Gasteiger partial charge in [-0.1, -0.05) is 30.4 Å². The van der Waals surface area contributed by atoms with Gasteiger partial charge in [-0.05, 0) is 24.8 Å². The van der Waals surface area contributed by atoms with Crippen LogP contribution in [0.5, 0.6) is 0 Å². The van der Waals surface area contributed by atoms with E-state index in [2.05, 4.69) is 24.8 Å². The Morgan fingerprint density at radius 1 is 1.50 bits per heavy atom. The van der Waals surface area contributed by atoms with Crippen LogP contribution in [0.3, 0.4) is 0 Å². The van der Waals surface area contributed by atoms with Crippen molar-refractivity contribution in [1.82, 2.24) is 0 Å². The van der Waals surface area contributed by atoms with Crippen LogP contribution in [0.1, 0.15) is 19.3 Å². The van der Waals surface area contributed by atoms with E-state index in [1.165, 1.54) is 11.1 Å². The van der Waals surface area contributed by atoms with Crippen LogP contribution in [0.4, 0.5) is 0 Å².